The van der Waals surface area contributed by atoms with Gasteiger partial charge in [0.1, 0.15) is 0 Å². The molecule has 1 rings (SSSR count). The lowest BCUT2D eigenvalue weighted by Crippen LogP contribution is -2.16. The summed E-state index contributed by atoms with van der Waals surface area (Å²) in [6, 6.07) is 7.43. The second-order valence-electron chi connectivity index (χ2n) is 3.65. The fourth-order valence-electron chi connectivity index (χ4n) is 1.43. The molecule has 0 aliphatic rings. The summed E-state index contributed by atoms with van der Waals surface area (Å²) in [5.74, 6) is -0.178. The summed E-state index contributed by atoms with van der Waals surface area (Å²) in [6.45, 7) is 3.26. The quantitative estimate of drug-likeness (QED) is 0.849. The summed E-state index contributed by atoms with van der Waals surface area (Å²) in [7, 11) is -3.23. The van der Waals surface area contributed by atoms with Crippen LogP contribution in [0, 0.1) is 6.92 Å². The Bertz CT molecular complexity index is 423. The smallest absolute Gasteiger partial charge is 0.159 e. The minimum atomic E-state index is -3.23. The Morgan fingerprint density at radius 1 is 1.40 bits per heavy atom. The molecule has 0 radical (unpaired) electrons. The molecule has 1 N–H and O–H groups in total. The molecule has 1 unspecified atom stereocenters. The van der Waals surface area contributed by atoms with Gasteiger partial charge in [-0.25, -0.2) is 8.42 Å². The van der Waals surface area contributed by atoms with Crippen molar-refractivity contribution in [3.05, 3.63) is 35.4 Å². The number of hydrogen-bond donors (Lipinski definition) is 1. The average Bonchev–Trinajstić information content (AvgIpc) is 2.16. The Hall–Kier alpha value is -0.870. The molecule has 0 aliphatic heterocycles. The van der Waals surface area contributed by atoms with Crippen LogP contribution in [0.5, 0.6) is 0 Å². The molecule has 1 aromatic carbocycles. The van der Waals surface area contributed by atoms with Gasteiger partial charge in [0.05, 0.1) is 17.6 Å². The third-order valence-corrected chi connectivity index (χ3v) is 4.53. The summed E-state index contributed by atoms with van der Waals surface area (Å²) >= 11 is 0. The SMILES string of the molecule is Cc1cccc(C(C)S(=O)(=O)CCO)c1. The highest BCUT2D eigenvalue weighted by Gasteiger charge is 2.21. The van der Waals surface area contributed by atoms with Crippen LogP contribution in [0.25, 0.3) is 0 Å². The van der Waals surface area contributed by atoms with Crippen LogP contribution in [0.15, 0.2) is 24.3 Å². The maximum Gasteiger partial charge on any atom is 0.159 e. The third kappa shape index (κ3) is 3.04. The number of aliphatic hydroxyl groups excluding tert-OH is 1. The van der Waals surface area contributed by atoms with Crippen molar-refractivity contribution in [3.8, 4) is 0 Å². The number of aliphatic hydroxyl groups is 1. The predicted octanol–water partition coefficient (Wildman–Crippen LogP) is 1.46. The van der Waals surface area contributed by atoms with Crippen molar-refractivity contribution >= 4 is 9.84 Å². The van der Waals surface area contributed by atoms with Gasteiger partial charge in [0.25, 0.3) is 0 Å². The molecule has 0 saturated carbocycles. The maximum absolute atomic E-state index is 11.7. The minimum Gasteiger partial charge on any atom is -0.395 e. The normalized spacial score (nSPS) is 13.8. The Morgan fingerprint density at radius 3 is 2.60 bits per heavy atom. The van der Waals surface area contributed by atoms with Gasteiger partial charge in [0.2, 0.25) is 0 Å². The van der Waals surface area contributed by atoms with Crippen molar-refractivity contribution in [2.24, 2.45) is 0 Å². The van der Waals surface area contributed by atoms with Crippen LogP contribution in [0.3, 0.4) is 0 Å². The minimum absolute atomic E-state index is 0.178. The zero-order chi connectivity index (χ0) is 11.5. The maximum atomic E-state index is 11.7. The van der Waals surface area contributed by atoms with Gasteiger partial charge >= 0.3 is 0 Å². The molecule has 3 nitrogen and oxygen atoms in total. The standard InChI is InChI=1S/C11H16O3S/c1-9-4-3-5-11(8-9)10(2)15(13,14)7-6-12/h3-5,8,10,12H,6-7H2,1-2H3. The molecule has 0 aliphatic carbocycles. The molecule has 1 atom stereocenters. The van der Waals surface area contributed by atoms with E-state index in [1.165, 1.54) is 0 Å². The highest BCUT2D eigenvalue weighted by molar-refractivity contribution is 7.91. The van der Waals surface area contributed by atoms with E-state index in [0.29, 0.717) is 0 Å². The lowest BCUT2D eigenvalue weighted by molar-refractivity contribution is 0.319. The number of benzene rings is 1. The second kappa shape index (κ2) is 4.77. The van der Waals surface area contributed by atoms with Gasteiger partial charge < -0.3 is 5.11 Å². The average molecular weight is 228 g/mol. The van der Waals surface area contributed by atoms with Crippen LogP contribution in [0.1, 0.15) is 23.3 Å². The fraction of sp³-hybridized carbons (Fsp3) is 0.455. The van der Waals surface area contributed by atoms with E-state index < -0.39 is 15.1 Å². The first kappa shape index (κ1) is 12.2. The van der Waals surface area contributed by atoms with E-state index in [1.807, 2.05) is 25.1 Å². The van der Waals surface area contributed by atoms with Crippen molar-refractivity contribution in [2.75, 3.05) is 12.4 Å². The first-order valence-corrected chi connectivity index (χ1v) is 6.58. The van der Waals surface area contributed by atoms with Gasteiger partial charge in [-0.1, -0.05) is 29.8 Å². The van der Waals surface area contributed by atoms with E-state index in [-0.39, 0.29) is 12.4 Å². The second-order valence-corrected chi connectivity index (χ2v) is 6.09. The van der Waals surface area contributed by atoms with E-state index in [2.05, 4.69) is 0 Å². The molecule has 0 bridgehead atoms. The van der Waals surface area contributed by atoms with Gasteiger partial charge in [0, 0.05) is 0 Å². The van der Waals surface area contributed by atoms with E-state index in [4.69, 9.17) is 5.11 Å². The van der Waals surface area contributed by atoms with Gasteiger partial charge in [-0.15, -0.1) is 0 Å². The van der Waals surface area contributed by atoms with Crippen LogP contribution in [0.4, 0.5) is 0 Å². The molecule has 0 spiro atoms. The molecular weight excluding hydrogens is 212 g/mol. The van der Waals surface area contributed by atoms with E-state index in [0.717, 1.165) is 11.1 Å². The van der Waals surface area contributed by atoms with Crippen LogP contribution in [0.2, 0.25) is 0 Å². The first-order chi connectivity index (χ1) is 6.97. The largest absolute Gasteiger partial charge is 0.395 e. The molecule has 1 aromatic rings. The van der Waals surface area contributed by atoms with E-state index in [9.17, 15) is 8.42 Å². The molecule has 0 heterocycles. The topological polar surface area (TPSA) is 54.4 Å². The van der Waals surface area contributed by atoms with Crippen LogP contribution >= 0.6 is 0 Å². The lowest BCUT2D eigenvalue weighted by atomic mass is 10.1. The predicted molar refractivity (Wildman–Crippen MR) is 60.5 cm³/mol. The van der Waals surface area contributed by atoms with Crippen molar-refractivity contribution in [1.82, 2.24) is 0 Å². The lowest BCUT2D eigenvalue weighted by Gasteiger charge is -2.12. The summed E-state index contributed by atoms with van der Waals surface area (Å²) in [5.41, 5.74) is 1.82. The van der Waals surface area contributed by atoms with Gasteiger partial charge in [-0.3, -0.25) is 0 Å². The number of aryl methyl sites for hydroxylation is 1. The molecule has 0 saturated heterocycles. The molecule has 84 valence electrons. The summed E-state index contributed by atoms with van der Waals surface area (Å²) in [5, 5.41) is 8.12. The molecule has 0 amide bonds. The number of hydrogen-bond acceptors (Lipinski definition) is 3. The zero-order valence-corrected chi connectivity index (χ0v) is 9.79. The van der Waals surface area contributed by atoms with Gasteiger partial charge in [-0.2, -0.15) is 0 Å². The van der Waals surface area contributed by atoms with E-state index >= 15 is 0 Å². The summed E-state index contributed by atoms with van der Waals surface area (Å²) in [4.78, 5) is 0. The molecule has 15 heavy (non-hydrogen) atoms. The van der Waals surface area contributed by atoms with Crippen LogP contribution in [-0.4, -0.2) is 25.9 Å². The van der Waals surface area contributed by atoms with Gasteiger partial charge in [0.15, 0.2) is 9.84 Å². The first-order valence-electron chi connectivity index (χ1n) is 4.86. The molecule has 4 heteroatoms. The Morgan fingerprint density at radius 2 is 2.07 bits per heavy atom. The molecular formula is C11H16O3S. The third-order valence-electron chi connectivity index (χ3n) is 2.43. The Labute approximate surface area is 90.7 Å². The molecule has 0 aromatic heterocycles. The van der Waals surface area contributed by atoms with Gasteiger partial charge in [-0.05, 0) is 19.4 Å². The number of rotatable bonds is 4. The van der Waals surface area contributed by atoms with Crippen molar-refractivity contribution < 1.29 is 13.5 Å². The monoisotopic (exact) mass is 228 g/mol. The highest BCUT2D eigenvalue weighted by atomic mass is 32.2. The van der Waals surface area contributed by atoms with Crippen molar-refractivity contribution in [2.45, 2.75) is 19.1 Å². The van der Waals surface area contributed by atoms with Crippen molar-refractivity contribution in [3.63, 3.8) is 0 Å². The summed E-state index contributed by atoms with van der Waals surface area (Å²) in [6.07, 6.45) is 0. The highest BCUT2D eigenvalue weighted by Crippen LogP contribution is 2.22. The number of sulfone groups is 1. The fourth-order valence-corrected chi connectivity index (χ4v) is 2.60. The summed E-state index contributed by atoms with van der Waals surface area (Å²) < 4.78 is 23.4. The van der Waals surface area contributed by atoms with Crippen LogP contribution in [-0.2, 0) is 9.84 Å². The van der Waals surface area contributed by atoms with Crippen molar-refractivity contribution in [1.29, 1.82) is 0 Å². The van der Waals surface area contributed by atoms with Crippen LogP contribution < -0.4 is 0 Å². The Kier molecular flexibility index (Phi) is 3.88. The van der Waals surface area contributed by atoms with E-state index in [1.54, 1.807) is 13.0 Å². The zero-order valence-electron chi connectivity index (χ0n) is 8.97. The molecule has 0 fully saturated rings. The Balaban J connectivity index is 2.99.